The van der Waals surface area contributed by atoms with Crippen LogP contribution in [-0.2, 0) is 18.3 Å². The summed E-state index contributed by atoms with van der Waals surface area (Å²) >= 11 is 0. The maximum Gasteiger partial charge on any atom is 0.337 e. The van der Waals surface area contributed by atoms with Crippen LogP contribution in [0, 0.1) is 6.92 Å². The number of hydrogen-bond acceptors (Lipinski definition) is 3. The monoisotopic (exact) mass is 254 g/mol. The van der Waals surface area contributed by atoms with Crippen LogP contribution in [0.1, 0.15) is 35.1 Å². The molecule has 0 radical (unpaired) electrons. The highest BCUT2D eigenvalue weighted by Gasteiger charge is 2.14. The number of carboxylic acids is 1. The zero-order chi connectivity index (χ0) is 13.7. The van der Waals surface area contributed by atoms with Gasteiger partial charge in [-0.05, 0) is 26.3 Å². The van der Waals surface area contributed by atoms with E-state index in [1.807, 2.05) is 18.5 Å². The molecule has 1 rings (SSSR count). The van der Waals surface area contributed by atoms with E-state index < -0.39 is 5.97 Å². The van der Waals surface area contributed by atoms with Crippen molar-refractivity contribution in [1.29, 1.82) is 0 Å². The van der Waals surface area contributed by atoms with Crippen molar-refractivity contribution in [2.24, 2.45) is 7.05 Å². The van der Waals surface area contributed by atoms with Gasteiger partial charge in [0, 0.05) is 44.7 Å². The van der Waals surface area contributed by atoms with E-state index in [1.54, 1.807) is 13.2 Å². The van der Waals surface area contributed by atoms with E-state index in [4.69, 9.17) is 9.84 Å². The number of rotatable bonds is 7. The lowest BCUT2D eigenvalue weighted by Gasteiger charge is -2.13. The van der Waals surface area contributed by atoms with E-state index in [1.165, 1.54) is 0 Å². The van der Waals surface area contributed by atoms with Crippen molar-refractivity contribution in [3.63, 3.8) is 0 Å². The second-order valence-electron chi connectivity index (χ2n) is 4.56. The molecular formula is C13H22N2O3. The molecule has 5 nitrogen and oxygen atoms in total. The zero-order valence-corrected chi connectivity index (χ0v) is 11.5. The molecule has 1 aromatic heterocycles. The predicted octanol–water partition coefficient (Wildman–Crippen LogP) is 1.55. The van der Waals surface area contributed by atoms with Crippen LogP contribution in [0.4, 0.5) is 0 Å². The molecule has 5 heteroatoms. The van der Waals surface area contributed by atoms with Gasteiger partial charge in [0.2, 0.25) is 0 Å². The third kappa shape index (κ3) is 3.58. The summed E-state index contributed by atoms with van der Waals surface area (Å²) in [7, 11) is 3.57. The van der Waals surface area contributed by atoms with Crippen LogP contribution in [0.2, 0.25) is 0 Å². The first-order valence-electron chi connectivity index (χ1n) is 6.08. The van der Waals surface area contributed by atoms with Gasteiger partial charge in [-0.15, -0.1) is 0 Å². The van der Waals surface area contributed by atoms with Gasteiger partial charge in [-0.1, -0.05) is 0 Å². The summed E-state index contributed by atoms with van der Waals surface area (Å²) < 4.78 is 6.94. The minimum Gasteiger partial charge on any atom is -0.478 e. The number of aromatic nitrogens is 1. The normalized spacial score (nSPS) is 12.7. The van der Waals surface area contributed by atoms with E-state index in [9.17, 15) is 4.79 Å². The molecule has 2 N–H and O–H groups in total. The topological polar surface area (TPSA) is 63.5 Å². The smallest absolute Gasteiger partial charge is 0.337 e. The lowest BCUT2D eigenvalue weighted by Crippen LogP contribution is -2.27. The van der Waals surface area contributed by atoms with Gasteiger partial charge in [0.1, 0.15) is 0 Å². The Hall–Kier alpha value is -1.33. The highest BCUT2D eigenvalue weighted by atomic mass is 16.5. The highest BCUT2D eigenvalue weighted by molar-refractivity contribution is 5.89. The second kappa shape index (κ2) is 6.56. The Labute approximate surface area is 108 Å². The first kappa shape index (κ1) is 14.7. The number of nitrogens with zero attached hydrogens (tertiary/aromatic N) is 1. The van der Waals surface area contributed by atoms with Crippen molar-refractivity contribution in [2.75, 3.05) is 13.7 Å². The number of ether oxygens (including phenoxy) is 1. The van der Waals surface area contributed by atoms with Gasteiger partial charge < -0.3 is 19.7 Å². The lowest BCUT2D eigenvalue weighted by molar-refractivity contribution is 0.0696. The predicted molar refractivity (Wildman–Crippen MR) is 69.9 cm³/mol. The van der Waals surface area contributed by atoms with Crippen molar-refractivity contribution < 1.29 is 14.6 Å². The SMILES string of the molecule is COCCC(C)NCc1cc(C(=O)O)c(C)n1C. The molecule has 18 heavy (non-hydrogen) atoms. The van der Waals surface area contributed by atoms with Crippen molar-refractivity contribution in [3.8, 4) is 0 Å². The second-order valence-corrected chi connectivity index (χ2v) is 4.56. The molecule has 0 aliphatic heterocycles. The molecule has 1 atom stereocenters. The molecule has 0 aliphatic carbocycles. The number of carboxylic acid groups (broad SMARTS) is 1. The maximum absolute atomic E-state index is 11.0. The van der Waals surface area contributed by atoms with E-state index in [0.29, 0.717) is 18.2 Å². The summed E-state index contributed by atoms with van der Waals surface area (Å²) in [6.07, 6.45) is 0.936. The van der Waals surface area contributed by atoms with Crippen molar-refractivity contribution in [1.82, 2.24) is 9.88 Å². The number of carbonyl (C=O) groups is 1. The first-order valence-corrected chi connectivity index (χ1v) is 6.08. The third-order valence-electron chi connectivity index (χ3n) is 3.25. The van der Waals surface area contributed by atoms with Crippen molar-refractivity contribution in [3.05, 3.63) is 23.0 Å². The number of methoxy groups -OCH3 is 1. The van der Waals surface area contributed by atoms with Crippen LogP contribution >= 0.6 is 0 Å². The van der Waals surface area contributed by atoms with Crippen molar-refractivity contribution >= 4 is 5.97 Å². The summed E-state index contributed by atoms with van der Waals surface area (Å²) in [5.74, 6) is -0.873. The summed E-state index contributed by atoms with van der Waals surface area (Å²) in [5, 5.41) is 12.4. The Kier molecular flexibility index (Phi) is 5.37. The molecule has 1 unspecified atom stereocenters. The first-order chi connectivity index (χ1) is 8.47. The molecule has 0 aliphatic rings. The third-order valence-corrected chi connectivity index (χ3v) is 3.25. The number of aromatic carboxylic acids is 1. The minimum absolute atomic E-state index is 0.341. The Balaban J connectivity index is 2.62. The van der Waals surface area contributed by atoms with Crippen LogP contribution in [0.15, 0.2) is 6.07 Å². The Morgan fingerprint density at radius 3 is 2.78 bits per heavy atom. The van der Waals surface area contributed by atoms with Crippen LogP contribution in [0.3, 0.4) is 0 Å². The zero-order valence-electron chi connectivity index (χ0n) is 11.5. The molecule has 0 bridgehead atoms. The molecule has 0 fully saturated rings. The van der Waals surface area contributed by atoms with Crippen molar-refractivity contribution in [2.45, 2.75) is 32.9 Å². The van der Waals surface area contributed by atoms with Gasteiger partial charge in [0.25, 0.3) is 0 Å². The maximum atomic E-state index is 11.0. The highest BCUT2D eigenvalue weighted by Crippen LogP contribution is 2.14. The summed E-state index contributed by atoms with van der Waals surface area (Å²) in [5.41, 5.74) is 2.14. The summed E-state index contributed by atoms with van der Waals surface area (Å²) in [6.45, 7) is 5.30. The Bertz CT molecular complexity index is 413. The molecule has 1 aromatic rings. The van der Waals surface area contributed by atoms with Crippen LogP contribution in [0.25, 0.3) is 0 Å². The van der Waals surface area contributed by atoms with Crippen LogP contribution < -0.4 is 5.32 Å². The molecule has 102 valence electrons. The van der Waals surface area contributed by atoms with E-state index >= 15 is 0 Å². The Morgan fingerprint density at radius 2 is 2.28 bits per heavy atom. The van der Waals surface area contributed by atoms with E-state index in [0.717, 1.165) is 24.4 Å². The summed E-state index contributed by atoms with van der Waals surface area (Å²) in [4.78, 5) is 11.0. The standard InChI is InChI=1S/C13H22N2O3/c1-9(5-6-18-4)14-8-11-7-12(13(16)17)10(2)15(11)3/h7,9,14H,5-6,8H2,1-4H3,(H,16,17). The average Bonchev–Trinajstić information content (AvgIpc) is 2.61. The van der Waals surface area contributed by atoms with Crippen LogP contribution in [0.5, 0.6) is 0 Å². The van der Waals surface area contributed by atoms with Gasteiger partial charge in [0.15, 0.2) is 0 Å². The molecule has 0 saturated heterocycles. The molecule has 0 amide bonds. The molecule has 1 heterocycles. The largest absolute Gasteiger partial charge is 0.478 e. The average molecular weight is 254 g/mol. The fourth-order valence-corrected chi connectivity index (χ4v) is 1.83. The molecule has 0 saturated carbocycles. The lowest BCUT2D eigenvalue weighted by atomic mass is 10.2. The van der Waals surface area contributed by atoms with Gasteiger partial charge in [-0.3, -0.25) is 0 Å². The van der Waals surface area contributed by atoms with Gasteiger partial charge in [-0.25, -0.2) is 4.79 Å². The van der Waals surface area contributed by atoms with E-state index in [-0.39, 0.29) is 0 Å². The number of nitrogens with one attached hydrogen (secondary N) is 1. The fourth-order valence-electron chi connectivity index (χ4n) is 1.83. The van der Waals surface area contributed by atoms with Gasteiger partial charge in [-0.2, -0.15) is 0 Å². The van der Waals surface area contributed by atoms with Gasteiger partial charge in [0.05, 0.1) is 5.56 Å². The molecule has 0 aromatic carbocycles. The minimum atomic E-state index is -0.873. The van der Waals surface area contributed by atoms with E-state index in [2.05, 4.69) is 12.2 Å². The summed E-state index contributed by atoms with van der Waals surface area (Å²) in [6, 6.07) is 2.07. The van der Waals surface area contributed by atoms with Gasteiger partial charge >= 0.3 is 5.97 Å². The number of hydrogen-bond donors (Lipinski definition) is 2. The quantitative estimate of drug-likeness (QED) is 0.775. The fraction of sp³-hybridized carbons (Fsp3) is 0.615. The van der Waals surface area contributed by atoms with Crippen LogP contribution in [-0.4, -0.2) is 35.4 Å². The molecular weight excluding hydrogens is 232 g/mol. The Morgan fingerprint density at radius 1 is 1.61 bits per heavy atom. The molecule has 0 spiro atoms.